The number of hydrogen-bond donors (Lipinski definition) is 0. The molecule has 0 unspecified atom stereocenters. The third-order valence-electron chi connectivity index (χ3n) is 1.81. The zero-order valence-corrected chi connectivity index (χ0v) is 7.73. The van der Waals surface area contributed by atoms with Crippen molar-refractivity contribution in [2.24, 2.45) is 4.99 Å². The largest absolute Gasteiger partial charge is 0.422 e. The lowest BCUT2D eigenvalue weighted by Crippen LogP contribution is -2.12. The normalized spacial score (nSPS) is 15.9. The van der Waals surface area contributed by atoms with Gasteiger partial charge in [0.25, 0.3) is 0 Å². The second-order valence-corrected chi connectivity index (χ2v) is 2.82. The third kappa shape index (κ3) is 1.59. The number of aliphatic imine (C=N–C) groups is 1. The van der Waals surface area contributed by atoms with Crippen molar-refractivity contribution in [2.45, 2.75) is 13.3 Å². The second kappa shape index (κ2) is 3.49. The lowest BCUT2D eigenvalue weighted by molar-refractivity contribution is -0.117. The third-order valence-corrected chi connectivity index (χ3v) is 1.81. The van der Waals surface area contributed by atoms with Crippen LogP contribution in [0.4, 0.5) is 5.69 Å². The number of benzene rings is 1. The van der Waals surface area contributed by atoms with Crippen molar-refractivity contribution in [1.82, 2.24) is 5.32 Å². The van der Waals surface area contributed by atoms with Crippen LogP contribution < -0.4 is 10.1 Å². The van der Waals surface area contributed by atoms with Crippen molar-refractivity contribution in [3.8, 4) is 5.75 Å². The lowest BCUT2D eigenvalue weighted by atomic mass is 10.3. The van der Waals surface area contributed by atoms with Gasteiger partial charge in [-0.15, -0.1) is 0 Å². The van der Waals surface area contributed by atoms with E-state index < -0.39 is 0 Å². The van der Waals surface area contributed by atoms with E-state index >= 15 is 0 Å². The summed E-state index contributed by atoms with van der Waals surface area (Å²) in [7, 11) is 0. The number of fused-ring (bicyclic) bond motifs is 1. The maximum Gasteiger partial charge on any atom is 0.325 e. The molecule has 0 saturated heterocycles. The fourth-order valence-electron chi connectivity index (χ4n) is 1.09. The summed E-state index contributed by atoms with van der Waals surface area (Å²) < 4.78 is 5.24. The summed E-state index contributed by atoms with van der Waals surface area (Å²) in [5.41, 5.74) is 0.718. The first kappa shape index (κ1) is 8.74. The van der Waals surface area contributed by atoms with Gasteiger partial charge >= 0.3 is 6.02 Å². The molecule has 0 N–H and O–H groups in total. The van der Waals surface area contributed by atoms with E-state index in [1.165, 1.54) is 0 Å². The van der Waals surface area contributed by atoms with E-state index in [1.54, 1.807) is 13.0 Å². The van der Waals surface area contributed by atoms with E-state index in [0.29, 0.717) is 12.2 Å². The van der Waals surface area contributed by atoms with Gasteiger partial charge in [-0.2, -0.15) is 10.3 Å². The molecule has 0 aromatic heterocycles. The maximum absolute atomic E-state index is 11.0. The van der Waals surface area contributed by atoms with Crippen LogP contribution in [0.3, 0.4) is 0 Å². The molecule has 0 bridgehead atoms. The monoisotopic (exact) mass is 189 g/mol. The summed E-state index contributed by atoms with van der Waals surface area (Å²) >= 11 is 0. The molecular formula is C10H9N2O2. The Morgan fingerprint density at radius 3 is 3.00 bits per heavy atom. The molecule has 1 aliphatic heterocycles. The van der Waals surface area contributed by atoms with Crippen LogP contribution in [0.25, 0.3) is 0 Å². The molecule has 1 heterocycles. The molecule has 1 aromatic carbocycles. The van der Waals surface area contributed by atoms with E-state index in [0.717, 1.165) is 5.69 Å². The number of rotatable bonds is 1. The summed E-state index contributed by atoms with van der Waals surface area (Å²) in [6, 6.07) is 7.44. The molecule has 2 rings (SSSR count). The molecule has 1 radical (unpaired) electrons. The Bertz CT molecular complexity index is 372. The number of amidine groups is 1. The van der Waals surface area contributed by atoms with Crippen molar-refractivity contribution in [3.05, 3.63) is 24.3 Å². The van der Waals surface area contributed by atoms with Gasteiger partial charge in [0.1, 0.15) is 5.69 Å². The molecule has 0 atom stereocenters. The van der Waals surface area contributed by atoms with Crippen LogP contribution in [0.15, 0.2) is 29.3 Å². The SMILES string of the molecule is CCC(=O)/N=C1\[N]c2ccccc2O1. The Kier molecular flexibility index (Phi) is 2.18. The average Bonchev–Trinajstić information content (AvgIpc) is 2.59. The predicted octanol–water partition coefficient (Wildman–Crippen LogP) is 1.61. The van der Waals surface area contributed by atoms with E-state index in [2.05, 4.69) is 10.3 Å². The Morgan fingerprint density at radius 2 is 2.29 bits per heavy atom. The van der Waals surface area contributed by atoms with Crippen LogP contribution in [-0.4, -0.2) is 11.9 Å². The fourth-order valence-corrected chi connectivity index (χ4v) is 1.09. The Labute approximate surface area is 81.6 Å². The van der Waals surface area contributed by atoms with Crippen LogP contribution in [0.2, 0.25) is 0 Å². The second-order valence-electron chi connectivity index (χ2n) is 2.82. The van der Waals surface area contributed by atoms with Gasteiger partial charge < -0.3 is 4.74 Å². The van der Waals surface area contributed by atoms with Crippen LogP contribution in [0.5, 0.6) is 5.75 Å². The smallest absolute Gasteiger partial charge is 0.325 e. The zero-order chi connectivity index (χ0) is 9.97. The minimum Gasteiger partial charge on any atom is -0.422 e. The van der Waals surface area contributed by atoms with Crippen molar-refractivity contribution in [1.29, 1.82) is 0 Å². The molecule has 4 nitrogen and oxygen atoms in total. The Hall–Kier alpha value is -1.84. The molecule has 0 spiro atoms. The Morgan fingerprint density at radius 1 is 1.50 bits per heavy atom. The van der Waals surface area contributed by atoms with E-state index in [-0.39, 0.29) is 11.9 Å². The van der Waals surface area contributed by atoms with Gasteiger partial charge in [0, 0.05) is 6.42 Å². The van der Waals surface area contributed by atoms with Crippen LogP contribution in [0.1, 0.15) is 13.3 Å². The molecule has 14 heavy (non-hydrogen) atoms. The molecule has 0 saturated carbocycles. The molecule has 0 fully saturated rings. The first-order valence-corrected chi connectivity index (χ1v) is 4.39. The van der Waals surface area contributed by atoms with Crippen molar-refractivity contribution in [2.75, 3.05) is 0 Å². The first-order valence-electron chi connectivity index (χ1n) is 4.39. The number of ether oxygens (including phenoxy) is 1. The van der Waals surface area contributed by atoms with Crippen LogP contribution >= 0.6 is 0 Å². The lowest BCUT2D eigenvalue weighted by Gasteiger charge is -1.93. The number of nitrogens with zero attached hydrogens (tertiary/aromatic N) is 2. The van der Waals surface area contributed by atoms with E-state index in [9.17, 15) is 4.79 Å². The number of amides is 1. The molecule has 1 aliphatic rings. The quantitative estimate of drug-likeness (QED) is 0.673. The first-order chi connectivity index (χ1) is 6.79. The molecular weight excluding hydrogens is 180 g/mol. The van der Waals surface area contributed by atoms with Gasteiger partial charge in [-0.3, -0.25) is 4.79 Å². The summed E-state index contributed by atoms with van der Waals surface area (Å²) in [6.45, 7) is 1.74. The number of hydrogen-bond acceptors (Lipinski definition) is 2. The van der Waals surface area contributed by atoms with Gasteiger partial charge in [0.05, 0.1) is 0 Å². The minimum absolute atomic E-state index is 0.137. The highest BCUT2D eigenvalue weighted by atomic mass is 16.5. The minimum atomic E-state index is -0.225. The molecule has 1 amide bonds. The van der Waals surface area contributed by atoms with Crippen molar-refractivity contribution < 1.29 is 9.53 Å². The van der Waals surface area contributed by atoms with Crippen LogP contribution in [0, 0.1) is 0 Å². The summed E-state index contributed by atoms with van der Waals surface area (Å²) in [5, 5.41) is 4.05. The maximum atomic E-state index is 11.0. The number of para-hydroxylation sites is 2. The van der Waals surface area contributed by atoms with Gasteiger partial charge in [-0.25, -0.2) is 0 Å². The molecule has 71 valence electrons. The average molecular weight is 189 g/mol. The molecule has 4 heteroatoms. The van der Waals surface area contributed by atoms with Gasteiger partial charge in [0.2, 0.25) is 5.91 Å². The highest BCUT2D eigenvalue weighted by molar-refractivity contribution is 5.96. The highest BCUT2D eigenvalue weighted by Gasteiger charge is 2.19. The topological polar surface area (TPSA) is 52.8 Å². The fraction of sp³-hybridized carbons (Fsp3) is 0.200. The molecule has 0 aliphatic carbocycles. The zero-order valence-electron chi connectivity index (χ0n) is 7.73. The predicted molar refractivity (Wildman–Crippen MR) is 51.6 cm³/mol. The molecule has 1 aromatic rings. The summed E-state index contributed by atoms with van der Waals surface area (Å²) in [4.78, 5) is 14.7. The number of carbonyl (C=O) groups excluding carboxylic acids is 1. The Balaban J connectivity index is 2.19. The highest BCUT2D eigenvalue weighted by Crippen LogP contribution is 2.29. The number of carbonyl (C=O) groups is 1. The standard InChI is InChI=1S/C10H9N2O2/c1-2-9(13)12-10-11-7-5-3-4-6-8(7)14-10/h3-6H,2H2,1H3/b12-10+. The van der Waals surface area contributed by atoms with Crippen molar-refractivity contribution in [3.63, 3.8) is 0 Å². The van der Waals surface area contributed by atoms with Gasteiger partial charge in [0.15, 0.2) is 5.75 Å². The summed E-state index contributed by atoms with van der Waals surface area (Å²) in [5.74, 6) is 0.423. The van der Waals surface area contributed by atoms with Gasteiger partial charge in [-0.05, 0) is 12.1 Å². The summed E-state index contributed by atoms with van der Waals surface area (Å²) in [6.07, 6.45) is 0.360. The van der Waals surface area contributed by atoms with Crippen molar-refractivity contribution >= 4 is 17.6 Å². The van der Waals surface area contributed by atoms with E-state index in [1.807, 2.05) is 18.2 Å². The van der Waals surface area contributed by atoms with Crippen LogP contribution in [-0.2, 0) is 4.79 Å². The van der Waals surface area contributed by atoms with E-state index in [4.69, 9.17) is 4.74 Å². The van der Waals surface area contributed by atoms with Gasteiger partial charge in [-0.1, -0.05) is 19.1 Å².